The van der Waals surface area contributed by atoms with Gasteiger partial charge in [0.2, 0.25) is 0 Å². The molecule has 3 rings (SSSR count). The lowest BCUT2D eigenvalue weighted by molar-refractivity contribution is -0.118. The van der Waals surface area contributed by atoms with Crippen molar-refractivity contribution in [2.75, 3.05) is 11.9 Å². The molecule has 1 heterocycles. The largest absolute Gasteiger partial charge is 0.484 e. The van der Waals surface area contributed by atoms with Gasteiger partial charge in [0, 0.05) is 17.5 Å². The van der Waals surface area contributed by atoms with Crippen molar-refractivity contribution >= 4 is 34.2 Å². The molecule has 25 heavy (non-hydrogen) atoms. The minimum absolute atomic E-state index is 0.0938. The Morgan fingerprint density at radius 1 is 1.24 bits per heavy atom. The molecule has 0 atom stereocenters. The molecule has 0 aliphatic heterocycles. The van der Waals surface area contributed by atoms with Crippen molar-refractivity contribution < 1.29 is 18.3 Å². The standard InChI is InChI=1S/C18H13ClFNO4/c1-10-6-18(23)25-16-8-12(3-4-13(10)16)24-9-17(22)21-15-5-2-11(20)7-14(15)19/h2-8H,9H2,1H3,(H,21,22). The summed E-state index contributed by atoms with van der Waals surface area (Å²) in [6.07, 6.45) is 0. The summed E-state index contributed by atoms with van der Waals surface area (Å²) in [6.45, 7) is 1.52. The van der Waals surface area contributed by atoms with Gasteiger partial charge in [-0.3, -0.25) is 4.79 Å². The summed E-state index contributed by atoms with van der Waals surface area (Å²) in [5.74, 6) is -0.576. The molecule has 3 aromatic rings. The summed E-state index contributed by atoms with van der Waals surface area (Å²) in [6, 6.07) is 10.0. The van der Waals surface area contributed by atoms with Crippen LogP contribution in [0.5, 0.6) is 5.75 Å². The fraction of sp³-hybridized carbons (Fsp3) is 0.111. The number of aryl methyl sites for hydroxylation is 1. The maximum atomic E-state index is 13.0. The average Bonchev–Trinajstić information content (AvgIpc) is 2.55. The Morgan fingerprint density at radius 2 is 2.04 bits per heavy atom. The molecule has 7 heteroatoms. The number of ether oxygens (including phenoxy) is 1. The number of anilines is 1. The number of hydrogen-bond donors (Lipinski definition) is 1. The van der Waals surface area contributed by atoms with Crippen molar-refractivity contribution in [1.29, 1.82) is 0 Å². The minimum atomic E-state index is -0.493. The maximum absolute atomic E-state index is 13.0. The molecule has 1 N–H and O–H groups in total. The van der Waals surface area contributed by atoms with Crippen molar-refractivity contribution in [2.45, 2.75) is 6.92 Å². The molecule has 5 nitrogen and oxygen atoms in total. The van der Waals surface area contributed by atoms with Gasteiger partial charge in [0.15, 0.2) is 6.61 Å². The number of carbonyl (C=O) groups excluding carboxylic acids is 1. The quantitative estimate of drug-likeness (QED) is 0.715. The molecule has 0 aliphatic carbocycles. The topological polar surface area (TPSA) is 68.5 Å². The number of benzene rings is 2. The Labute approximate surface area is 147 Å². The van der Waals surface area contributed by atoms with E-state index in [2.05, 4.69) is 5.32 Å². The van der Waals surface area contributed by atoms with E-state index in [1.54, 1.807) is 25.1 Å². The first-order valence-corrected chi connectivity index (χ1v) is 7.72. The lowest BCUT2D eigenvalue weighted by Crippen LogP contribution is -2.20. The van der Waals surface area contributed by atoms with Gasteiger partial charge in [-0.1, -0.05) is 11.6 Å². The first-order valence-electron chi connectivity index (χ1n) is 7.34. The summed E-state index contributed by atoms with van der Waals surface area (Å²) in [5.41, 5.74) is 1.01. The van der Waals surface area contributed by atoms with Crippen LogP contribution in [0.2, 0.25) is 5.02 Å². The van der Waals surface area contributed by atoms with Crippen LogP contribution < -0.4 is 15.7 Å². The highest BCUT2D eigenvalue weighted by atomic mass is 35.5. The lowest BCUT2D eigenvalue weighted by atomic mass is 10.1. The molecule has 0 bridgehead atoms. The van der Waals surface area contributed by atoms with Gasteiger partial charge in [0.1, 0.15) is 17.1 Å². The summed E-state index contributed by atoms with van der Waals surface area (Å²) in [5, 5.41) is 3.41. The van der Waals surface area contributed by atoms with Crippen molar-refractivity contribution in [1.82, 2.24) is 0 Å². The number of amides is 1. The summed E-state index contributed by atoms with van der Waals surface area (Å²) >= 11 is 5.85. The second-order valence-corrected chi connectivity index (χ2v) is 5.77. The van der Waals surface area contributed by atoms with E-state index in [1.165, 1.54) is 18.2 Å². The van der Waals surface area contributed by atoms with Gasteiger partial charge < -0.3 is 14.5 Å². The van der Waals surface area contributed by atoms with Crippen LogP contribution in [-0.4, -0.2) is 12.5 Å². The average molecular weight is 362 g/mol. The van der Waals surface area contributed by atoms with E-state index in [0.29, 0.717) is 11.3 Å². The fourth-order valence-corrected chi connectivity index (χ4v) is 2.54. The van der Waals surface area contributed by atoms with E-state index in [0.717, 1.165) is 17.0 Å². The summed E-state index contributed by atoms with van der Waals surface area (Å²) in [7, 11) is 0. The van der Waals surface area contributed by atoms with Gasteiger partial charge in [-0.05, 0) is 42.8 Å². The highest BCUT2D eigenvalue weighted by Crippen LogP contribution is 2.23. The Kier molecular flexibility index (Phi) is 4.72. The zero-order valence-corrected chi connectivity index (χ0v) is 13.9. The monoisotopic (exact) mass is 361 g/mol. The molecule has 0 radical (unpaired) electrons. The smallest absolute Gasteiger partial charge is 0.336 e. The van der Waals surface area contributed by atoms with Crippen molar-refractivity contribution in [3.05, 3.63) is 69.3 Å². The van der Waals surface area contributed by atoms with Crippen LogP contribution in [0.1, 0.15) is 5.56 Å². The van der Waals surface area contributed by atoms with E-state index >= 15 is 0 Å². The third-order valence-electron chi connectivity index (χ3n) is 3.50. The predicted molar refractivity (Wildman–Crippen MR) is 92.8 cm³/mol. The molecule has 0 fully saturated rings. The van der Waals surface area contributed by atoms with Crippen LogP contribution in [0.4, 0.5) is 10.1 Å². The number of rotatable bonds is 4. The SMILES string of the molecule is Cc1cc(=O)oc2cc(OCC(=O)Nc3ccc(F)cc3Cl)ccc12. The zero-order chi connectivity index (χ0) is 18.0. The number of halogens is 2. The highest BCUT2D eigenvalue weighted by molar-refractivity contribution is 6.33. The number of nitrogens with one attached hydrogen (secondary N) is 1. The van der Waals surface area contributed by atoms with Crippen molar-refractivity contribution in [3.63, 3.8) is 0 Å². The Balaban J connectivity index is 1.69. The minimum Gasteiger partial charge on any atom is -0.484 e. The second kappa shape index (κ2) is 6.94. The fourth-order valence-electron chi connectivity index (χ4n) is 2.32. The van der Waals surface area contributed by atoms with Gasteiger partial charge in [-0.2, -0.15) is 0 Å². The predicted octanol–water partition coefficient (Wildman–Crippen LogP) is 3.91. The number of carbonyl (C=O) groups is 1. The van der Waals surface area contributed by atoms with Gasteiger partial charge >= 0.3 is 5.63 Å². The Morgan fingerprint density at radius 3 is 2.80 bits per heavy atom. The molecule has 0 saturated carbocycles. The molecule has 0 aliphatic rings. The van der Waals surface area contributed by atoms with Crippen LogP contribution >= 0.6 is 11.6 Å². The molecule has 2 aromatic carbocycles. The van der Waals surface area contributed by atoms with Crippen LogP contribution in [0, 0.1) is 12.7 Å². The maximum Gasteiger partial charge on any atom is 0.336 e. The van der Waals surface area contributed by atoms with E-state index in [9.17, 15) is 14.0 Å². The summed E-state index contributed by atoms with van der Waals surface area (Å²) in [4.78, 5) is 23.4. The van der Waals surface area contributed by atoms with Gasteiger partial charge in [0.25, 0.3) is 5.91 Å². The third-order valence-corrected chi connectivity index (χ3v) is 3.81. The van der Waals surface area contributed by atoms with E-state index in [4.69, 9.17) is 20.8 Å². The summed E-state index contributed by atoms with van der Waals surface area (Å²) < 4.78 is 23.5. The van der Waals surface area contributed by atoms with Crippen LogP contribution in [0.3, 0.4) is 0 Å². The second-order valence-electron chi connectivity index (χ2n) is 5.37. The first kappa shape index (κ1) is 17.0. The molecule has 0 saturated heterocycles. The number of hydrogen-bond acceptors (Lipinski definition) is 4. The van der Waals surface area contributed by atoms with Gasteiger partial charge in [-0.25, -0.2) is 9.18 Å². The molecule has 128 valence electrons. The van der Waals surface area contributed by atoms with E-state index < -0.39 is 17.3 Å². The molecule has 1 aromatic heterocycles. The molecule has 1 amide bonds. The molecular formula is C18H13ClFNO4. The molecule has 0 unspecified atom stereocenters. The Hall–Kier alpha value is -2.86. The third kappa shape index (κ3) is 3.97. The highest BCUT2D eigenvalue weighted by Gasteiger charge is 2.09. The van der Waals surface area contributed by atoms with Crippen LogP contribution in [0.25, 0.3) is 11.0 Å². The molecule has 0 spiro atoms. The van der Waals surface area contributed by atoms with Crippen molar-refractivity contribution in [3.8, 4) is 5.75 Å². The zero-order valence-electron chi connectivity index (χ0n) is 13.1. The van der Waals surface area contributed by atoms with E-state index in [1.807, 2.05) is 0 Å². The first-order chi connectivity index (χ1) is 11.9. The van der Waals surface area contributed by atoms with Crippen molar-refractivity contribution in [2.24, 2.45) is 0 Å². The molecular weight excluding hydrogens is 349 g/mol. The van der Waals surface area contributed by atoms with Crippen LogP contribution in [-0.2, 0) is 4.79 Å². The lowest BCUT2D eigenvalue weighted by Gasteiger charge is -2.09. The normalized spacial score (nSPS) is 10.7. The van der Waals surface area contributed by atoms with Gasteiger partial charge in [0.05, 0.1) is 10.7 Å². The van der Waals surface area contributed by atoms with Crippen LogP contribution in [0.15, 0.2) is 51.7 Å². The Bertz CT molecular complexity index is 1020. The van der Waals surface area contributed by atoms with Gasteiger partial charge in [-0.15, -0.1) is 0 Å². The van der Waals surface area contributed by atoms with E-state index in [-0.39, 0.29) is 17.3 Å². The number of fused-ring (bicyclic) bond motifs is 1.